The molecule has 0 atom stereocenters. The van der Waals surface area contributed by atoms with E-state index in [1.807, 2.05) is 6.92 Å². The van der Waals surface area contributed by atoms with Gasteiger partial charge in [0.2, 0.25) is 11.1 Å². The third kappa shape index (κ3) is 5.53. The molecule has 1 aromatic heterocycles. The summed E-state index contributed by atoms with van der Waals surface area (Å²) in [4.78, 5) is 17.0. The molecule has 4 aromatic rings. The molecule has 1 amide bonds. The highest BCUT2D eigenvalue weighted by Crippen LogP contribution is 2.30. The molecule has 0 fully saturated rings. The van der Waals surface area contributed by atoms with Crippen LogP contribution in [0.2, 0.25) is 5.02 Å². The number of carbonyl (C=O) groups excluding carboxylic acids is 1. The average Bonchev–Trinajstić information content (AvgIpc) is 2.82. The summed E-state index contributed by atoms with van der Waals surface area (Å²) in [5, 5.41) is 12.0. The molecule has 0 unspecified atom stereocenters. The molecule has 0 radical (unpaired) electrons. The lowest BCUT2D eigenvalue weighted by molar-refractivity contribution is -0.113. The fourth-order valence-electron chi connectivity index (χ4n) is 3.04. The van der Waals surface area contributed by atoms with E-state index in [1.165, 1.54) is 24.3 Å². The lowest BCUT2D eigenvalue weighted by atomic mass is 10.0. The van der Waals surface area contributed by atoms with Crippen LogP contribution in [0, 0.1) is 18.6 Å². The predicted octanol–water partition coefficient (Wildman–Crippen LogP) is 6.18. The number of nitrogens with zero attached hydrogens (tertiary/aromatic N) is 3. The summed E-state index contributed by atoms with van der Waals surface area (Å²) < 4.78 is 26.8. The van der Waals surface area contributed by atoms with E-state index in [9.17, 15) is 13.6 Å². The van der Waals surface area contributed by atoms with Crippen molar-refractivity contribution in [1.29, 1.82) is 0 Å². The zero-order valence-corrected chi connectivity index (χ0v) is 18.9. The number of carbonyl (C=O) groups is 1. The Kier molecular flexibility index (Phi) is 6.96. The molecule has 0 spiro atoms. The van der Waals surface area contributed by atoms with E-state index < -0.39 is 0 Å². The molecule has 33 heavy (non-hydrogen) atoms. The first kappa shape index (κ1) is 22.8. The van der Waals surface area contributed by atoms with Crippen molar-refractivity contribution in [2.45, 2.75) is 12.1 Å². The Hall–Kier alpha value is -3.36. The van der Waals surface area contributed by atoms with Gasteiger partial charge in [-0.2, -0.15) is 0 Å². The highest BCUT2D eigenvalue weighted by molar-refractivity contribution is 7.99. The van der Waals surface area contributed by atoms with Crippen LogP contribution in [-0.4, -0.2) is 26.8 Å². The summed E-state index contributed by atoms with van der Waals surface area (Å²) in [7, 11) is 0. The number of aromatic nitrogens is 3. The van der Waals surface area contributed by atoms with E-state index in [-0.39, 0.29) is 28.5 Å². The number of benzene rings is 3. The maximum Gasteiger partial charge on any atom is 0.234 e. The van der Waals surface area contributed by atoms with Gasteiger partial charge in [0.25, 0.3) is 0 Å². The minimum Gasteiger partial charge on any atom is -0.325 e. The maximum absolute atomic E-state index is 13.4. The predicted molar refractivity (Wildman–Crippen MR) is 126 cm³/mol. The number of anilines is 1. The van der Waals surface area contributed by atoms with Gasteiger partial charge in [-0.15, -0.1) is 10.2 Å². The Morgan fingerprint density at radius 3 is 2.15 bits per heavy atom. The minimum atomic E-state index is -0.383. The van der Waals surface area contributed by atoms with Gasteiger partial charge in [0, 0.05) is 21.8 Å². The van der Waals surface area contributed by atoms with E-state index in [0.29, 0.717) is 33.2 Å². The van der Waals surface area contributed by atoms with Crippen molar-refractivity contribution < 1.29 is 13.6 Å². The summed E-state index contributed by atoms with van der Waals surface area (Å²) in [5.41, 5.74) is 3.51. The molecule has 166 valence electrons. The van der Waals surface area contributed by atoms with Crippen molar-refractivity contribution in [3.63, 3.8) is 0 Å². The molecule has 5 nitrogen and oxygen atoms in total. The van der Waals surface area contributed by atoms with Gasteiger partial charge in [0.1, 0.15) is 23.0 Å². The number of hydrogen-bond acceptors (Lipinski definition) is 5. The molecule has 9 heteroatoms. The van der Waals surface area contributed by atoms with Gasteiger partial charge in [-0.3, -0.25) is 4.79 Å². The first-order valence-electron chi connectivity index (χ1n) is 9.85. The molecule has 0 aliphatic carbocycles. The van der Waals surface area contributed by atoms with E-state index >= 15 is 0 Å². The molecule has 0 aliphatic heterocycles. The van der Waals surface area contributed by atoms with Gasteiger partial charge in [0.05, 0.1) is 5.75 Å². The Morgan fingerprint density at radius 2 is 1.52 bits per heavy atom. The van der Waals surface area contributed by atoms with E-state index in [4.69, 9.17) is 11.6 Å². The first-order valence-corrected chi connectivity index (χ1v) is 11.2. The standard InChI is InChI=1S/C24H17ClF2N4OS/c1-14-19(25)3-2-4-20(14)28-21(32)13-33-24-29-22(15-5-9-17(26)10-6-15)23(30-31-24)16-7-11-18(27)12-8-16/h2-12H,13H2,1H3,(H,28,32). The van der Waals surface area contributed by atoms with E-state index in [0.717, 1.165) is 17.3 Å². The minimum absolute atomic E-state index is 0.0480. The van der Waals surface area contributed by atoms with Crippen molar-refractivity contribution >= 4 is 35.0 Å². The topological polar surface area (TPSA) is 67.8 Å². The van der Waals surface area contributed by atoms with Crippen molar-refractivity contribution in [2.24, 2.45) is 0 Å². The van der Waals surface area contributed by atoms with Crippen LogP contribution >= 0.6 is 23.4 Å². The van der Waals surface area contributed by atoms with Crippen LogP contribution in [0.5, 0.6) is 0 Å². The summed E-state index contributed by atoms with van der Waals surface area (Å²) >= 11 is 7.21. The molecule has 3 aromatic carbocycles. The Labute approximate surface area is 198 Å². The number of halogens is 3. The second-order valence-electron chi connectivity index (χ2n) is 7.05. The summed E-state index contributed by atoms with van der Waals surface area (Å²) in [6.45, 7) is 1.82. The monoisotopic (exact) mass is 482 g/mol. The second kappa shape index (κ2) is 10.1. The molecule has 1 N–H and O–H groups in total. The van der Waals surface area contributed by atoms with Crippen LogP contribution in [-0.2, 0) is 4.79 Å². The lowest BCUT2D eigenvalue weighted by Crippen LogP contribution is -2.15. The number of hydrogen-bond donors (Lipinski definition) is 1. The SMILES string of the molecule is Cc1c(Cl)cccc1NC(=O)CSc1nnc(-c2ccc(F)cc2)c(-c2ccc(F)cc2)n1. The number of amides is 1. The fourth-order valence-corrected chi connectivity index (χ4v) is 3.80. The molecule has 0 saturated carbocycles. The number of rotatable bonds is 6. The summed E-state index contributed by atoms with van der Waals surface area (Å²) in [5.74, 6) is -0.963. The quantitative estimate of drug-likeness (QED) is 0.332. The molecule has 4 rings (SSSR count). The largest absolute Gasteiger partial charge is 0.325 e. The van der Waals surface area contributed by atoms with Gasteiger partial charge in [-0.05, 0) is 73.2 Å². The summed E-state index contributed by atoms with van der Waals surface area (Å²) in [6.07, 6.45) is 0. The van der Waals surface area contributed by atoms with Gasteiger partial charge >= 0.3 is 0 Å². The van der Waals surface area contributed by atoms with Crippen LogP contribution < -0.4 is 5.32 Å². The molecule has 1 heterocycles. The van der Waals surface area contributed by atoms with Gasteiger partial charge < -0.3 is 5.32 Å². The van der Waals surface area contributed by atoms with E-state index in [1.54, 1.807) is 42.5 Å². The number of thioether (sulfide) groups is 1. The van der Waals surface area contributed by atoms with Crippen LogP contribution in [0.4, 0.5) is 14.5 Å². The first-order chi connectivity index (χ1) is 15.9. The Balaban J connectivity index is 1.58. The van der Waals surface area contributed by atoms with Crippen molar-refractivity contribution in [2.75, 3.05) is 11.1 Å². The third-order valence-corrected chi connectivity index (χ3v) is 6.02. The fraction of sp³-hybridized carbons (Fsp3) is 0.0833. The zero-order valence-electron chi connectivity index (χ0n) is 17.3. The second-order valence-corrected chi connectivity index (χ2v) is 8.40. The zero-order chi connectivity index (χ0) is 23.4. The average molecular weight is 483 g/mol. The normalized spacial score (nSPS) is 10.8. The van der Waals surface area contributed by atoms with Crippen LogP contribution in [0.3, 0.4) is 0 Å². The smallest absolute Gasteiger partial charge is 0.234 e. The lowest BCUT2D eigenvalue weighted by Gasteiger charge is -2.11. The van der Waals surface area contributed by atoms with Crippen molar-refractivity contribution in [1.82, 2.24) is 15.2 Å². The summed E-state index contributed by atoms with van der Waals surface area (Å²) in [6, 6.07) is 16.8. The molecule has 0 bridgehead atoms. The molecular weight excluding hydrogens is 466 g/mol. The van der Waals surface area contributed by atoms with Gasteiger partial charge in [-0.25, -0.2) is 13.8 Å². The van der Waals surface area contributed by atoms with Crippen LogP contribution in [0.25, 0.3) is 22.5 Å². The van der Waals surface area contributed by atoms with Gasteiger partial charge in [0.15, 0.2) is 0 Å². The van der Waals surface area contributed by atoms with Crippen molar-refractivity contribution in [3.8, 4) is 22.5 Å². The maximum atomic E-state index is 13.4. The Morgan fingerprint density at radius 1 is 0.909 bits per heavy atom. The van der Waals surface area contributed by atoms with Crippen molar-refractivity contribution in [3.05, 3.63) is 89.0 Å². The highest BCUT2D eigenvalue weighted by atomic mass is 35.5. The molecule has 0 saturated heterocycles. The van der Waals surface area contributed by atoms with E-state index in [2.05, 4.69) is 20.5 Å². The number of nitrogens with one attached hydrogen (secondary N) is 1. The third-order valence-electron chi connectivity index (χ3n) is 4.78. The molecular formula is C24H17ClF2N4OS. The molecule has 0 aliphatic rings. The van der Waals surface area contributed by atoms with Crippen LogP contribution in [0.1, 0.15) is 5.56 Å². The Bertz CT molecular complexity index is 1300. The highest BCUT2D eigenvalue weighted by Gasteiger charge is 2.16. The van der Waals surface area contributed by atoms with Gasteiger partial charge in [-0.1, -0.05) is 29.4 Å². The van der Waals surface area contributed by atoms with Crippen LogP contribution in [0.15, 0.2) is 71.9 Å².